The summed E-state index contributed by atoms with van der Waals surface area (Å²) in [7, 11) is 0. The first-order chi connectivity index (χ1) is 10.7. The number of hydrogen-bond acceptors (Lipinski definition) is 3. The highest BCUT2D eigenvalue weighted by molar-refractivity contribution is 5.73. The molecule has 3 heterocycles. The summed E-state index contributed by atoms with van der Waals surface area (Å²) in [6.07, 6.45) is 9.32. The lowest BCUT2D eigenvalue weighted by molar-refractivity contribution is -0.130. The Kier molecular flexibility index (Phi) is 3.48. The average molecular weight is 302 g/mol. The van der Waals surface area contributed by atoms with Crippen molar-refractivity contribution < 1.29 is 4.79 Å². The Balaban J connectivity index is 1.46. The third-order valence-electron chi connectivity index (χ3n) is 6.15. The Morgan fingerprint density at radius 3 is 2.91 bits per heavy atom. The molecule has 5 nitrogen and oxygen atoms in total. The number of rotatable bonds is 1. The standard InChI is InChI=1S/C17H26N4O/c1-13(22)20-9-4-15(5-10-20)21-8-2-6-17(12-21)7-3-14-11-18-19-16(14)17/h11,15H,2-10,12H2,1H3,(H,18,19). The van der Waals surface area contributed by atoms with Gasteiger partial charge in [-0.15, -0.1) is 0 Å². The van der Waals surface area contributed by atoms with Gasteiger partial charge in [-0.25, -0.2) is 0 Å². The molecule has 1 atom stereocenters. The molecular weight excluding hydrogens is 276 g/mol. The number of nitrogens with one attached hydrogen (secondary N) is 1. The Bertz CT molecular complexity index is 561. The largest absolute Gasteiger partial charge is 0.343 e. The topological polar surface area (TPSA) is 52.2 Å². The number of aromatic nitrogens is 2. The van der Waals surface area contributed by atoms with Gasteiger partial charge in [-0.3, -0.25) is 14.8 Å². The molecule has 2 aliphatic heterocycles. The van der Waals surface area contributed by atoms with E-state index < -0.39 is 0 Å². The Morgan fingerprint density at radius 2 is 2.14 bits per heavy atom. The van der Waals surface area contributed by atoms with E-state index in [0.717, 1.165) is 25.9 Å². The van der Waals surface area contributed by atoms with Crippen molar-refractivity contribution in [1.29, 1.82) is 0 Å². The first kappa shape index (κ1) is 14.2. The number of hydrogen-bond donors (Lipinski definition) is 1. The second-order valence-corrected chi connectivity index (χ2v) is 7.36. The van der Waals surface area contributed by atoms with Crippen LogP contribution < -0.4 is 0 Å². The van der Waals surface area contributed by atoms with Gasteiger partial charge < -0.3 is 4.90 Å². The maximum Gasteiger partial charge on any atom is 0.219 e. The quantitative estimate of drug-likeness (QED) is 0.859. The maximum atomic E-state index is 11.5. The number of carbonyl (C=O) groups excluding carboxylic acids is 1. The lowest BCUT2D eigenvalue weighted by Gasteiger charge is -2.46. The number of aromatic amines is 1. The van der Waals surface area contributed by atoms with Crippen LogP contribution in [0.4, 0.5) is 0 Å². The number of likely N-dealkylation sites (tertiary alicyclic amines) is 2. The van der Waals surface area contributed by atoms with E-state index in [1.807, 2.05) is 11.1 Å². The van der Waals surface area contributed by atoms with E-state index in [9.17, 15) is 4.79 Å². The minimum atomic E-state index is 0.228. The van der Waals surface area contributed by atoms with Gasteiger partial charge in [-0.1, -0.05) is 0 Å². The van der Waals surface area contributed by atoms with Gasteiger partial charge in [0.2, 0.25) is 5.91 Å². The fourth-order valence-corrected chi connectivity index (χ4v) is 4.89. The van der Waals surface area contributed by atoms with Crippen LogP contribution in [0.1, 0.15) is 50.3 Å². The van der Waals surface area contributed by atoms with Gasteiger partial charge >= 0.3 is 0 Å². The summed E-state index contributed by atoms with van der Waals surface area (Å²) in [5.74, 6) is 0.228. The van der Waals surface area contributed by atoms with Crippen LogP contribution in [0, 0.1) is 0 Å². The molecule has 1 spiro atoms. The van der Waals surface area contributed by atoms with E-state index in [-0.39, 0.29) is 5.91 Å². The van der Waals surface area contributed by atoms with Crippen molar-refractivity contribution in [2.45, 2.75) is 56.9 Å². The van der Waals surface area contributed by atoms with Crippen molar-refractivity contribution in [2.24, 2.45) is 0 Å². The van der Waals surface area contributed by atoms with Crippen molar-refractivity contribution in [3.05, 3.63) is 17.5 Å². The molecular formula is C17H26N4O. The normalized spacial score (nSPS) is 30.0. The Hall–Kier alpha value is -1.36. The van der Waals surface area contributed by atoms with E-state index in [1.165, 1.54) is 50.0 Å². The van der Waals surface area contributed by atoms with Crippen LogP contribution >= 0.6 is 0 Å². The summed E-state index contributed by atoms with van der Waals surface area (Å²) in [5, 5.41) is 7.57. The average Bonchev–Trinajstić information content (AvgIpc) is 3.13. The fourth-order valence-electron chi connectivity index (χ4n) is 4.89. The summed E-state index contributed by atoms with van der Waals surface area (Å²) in [6, 6.07) is 0.653. The molecule has 0 aromatic carbocycles. The number of fused-ring (bicyclic) bond motifs is 2. The van der Waals surface area contributed by atoms with Crippen LogP contribution in [0.15, 0.2) is 6.20 Å². The van der Waals surface area contributed by atoms with Crippen molar-refractivity contribution in [1.82, 2.24) is 20.0 Å². The minimum Gasteiger partial charge on any atom is -0.343 e. The summed E-state index contributed by atoms with van der Waals surface area (Å²) >= 11 is 0. The molecule has 4 rings (SSSR count). The van der Waals surface area contributed by atoms with Crippen LogP contribution in [0.5, 0.6) is 0 Å². The van der Waals surface area contributed by atoms with Gasteiger partial charge in [0.1, 0.15) is 0 Å². The molecule has 1 N–H and O–H groups in total. The Labute approximate surface area is 132 Å². The van der Waals surface area contributed by atoms with Gasteiger partial charge in [0, 0.05) is 43.7 Å². The minimum absolute atomic E-state index is 0.228. The van der Waals surface area contributed by atoms with Crippen LogP contribution in [0.25, 0.3) is 0 Å². The van der Waals surface area contributed by atoms with E-state index in [1.54, 1.807) is 6.92 Å². The van der Waals surface area contributed by atoms with Crippen LogP contribution in [-0.2, 0) is 16.6 Å². The molecule has 0 radical (unpaired) electrons. The number of nitrogens with zero attached hydrogens (tertiary/aromatic N) is 3. The SMILES string of the molecule is CC(=O)N1CCC(N2CCCC3(CCc4cn[nH]c43)C2)CC1. The highest BCUT2D eigenvalue weighted by Gasteiger charge is 2.44. The molecule has 1 aliphatic carbocycles. The molecule has 3 aliphatic rings. The molecule has 2 saturated heterocycles. The van der Waals surface area contributed by atoms with Gasteiger partial charge in [0.05, 0.1) is 6.20 Å². The van der Waals surface area contributed by atoms with E-state index >= 15 is 0 Å². The van der Waals surface area contributed by atoms with Crippen LogP contribution in [-0.4, -0.2) is 58.1 Å². The summed E-state index contributed by atoms with van der Waals surface area (Å²) < 4.78 is 0. The second-order valence-electron chi connectivity index (χ2n) is 7.36. The van der Waals surface area contributed by atoms with Gasteiger partial charge in [0.25, 0.3) is 0 Å². The first-order valence-corrected chi connectivity index (χ1v) is 8.70. The third-order valence-corrected chi connectivity index (χ3v) is 6.15. The van der Waals surface area contributed by atoms with Crippen molar-refractivity contribution in [2.75, 3.05) is 26.2 Å². The molecule has 2 fully saturated rings. The summed E-state index contributed by atoms with van der Waals surface area (Å²) in [6.45, 7) is 5.94. The van der Waals surface area contributed by atoms with Crippen LogP contribution in [0.2, 0.25) is 0 Å². The number of H-pyrrole nitrogens is 1. The van der Waals surface area contributed by atoms with Crippen molar-refractivity contribution in [3.63, 3.8) is 0 Å². The molecule has 0 saturated carbocycles. The van der Waals surface area contributed by atoms with E-state index in [0.29, 0.717) is 11.5 Å². The number of aryl methyl sites for hydroxylation is 1. The zero-order valence-electron chi connectivity index (χ0n) is 13.5. The second kappa shape index (κ2) is 5.37. The maximum absolute atomic E-state index is 11.5. The monoisotopic (exact) mass is 302 g/mol. The third kappa shape index (κ3) is 2.26. The molecule has 22 heavy (non-hydrogen) atoms. The molecule has 1 aromatic heterocycles. The first-order valence-electron chi connectivity index (χ1n) is 8.70. The highest BCUT2D eigenvalue weighted by Crippen LogP contribution is 2.44. The molecule has 5 heteroatoms. The summed E-state index contributed by atoms with van der Waals surface area (Å²) in [4.78, 5) is 16.2. The lowest BCUT2D eigenvalue weighted by Crippen LogP contribution is -2.53. The number of piperidine rings is 2. The van der Waals surface area contributed by atoms with Gasteiger partial charge in [0.15, 0.2) is 0 Å². The lowest BCUT2D eigenvalue weighted by atomic mass is 9.77. The smallest absolute Gasteiger partial charge is 0.219 e. The van der Waals surface area contributed by atoms with Gasteiger partial charge in [-0.2, -0.15) is 5.10 Å². The van der Waals surface area contributed by atoms with Crippen molar-refractivity contribution in [3.8, 4) is 0 Å². The fraction of sp³-hybridized carbons (Fsp3) is 0.765. The number of amides is 1. The van der Waals surface area contributed by atoms with E-state index in [2.05, 4.69) is 15.1 Å². The zero-order valence-corrected chi connectivity index (χ0v) is 13.5. The van der Waals surface area contributed by atoms with Gasteiger partial charge in [-0.05, 0) is 50.6 Å². The Morgan fingerprint density at radius 1 is 1.32 bits per heavy atom. The van der Waals surface area contributed by atoms with E-state index in [4.69, 9.17) is 0 Å². The summed E-state index contributed by atoms with van der Waals surface area (Å²) in [5.41, 5.74) is 3.17. The molecule has 1 aromatic rings. The molecule has 0 bridgehead atoms. The molecule has 1 unspecified atom stereocenters. The predicted octanol–water partition coefficient (Wildman–Crippen LogP) is 1.70. The zero-order chi connectivity index (χ0) is 15.2. The predicted molar refractivity (Wildman–Crippen MR) is 84.7 cm³/mol. The number of carbonyl (C=O) groups is 1. The molecule has 1 amide bonds. The highest BCUT2D eigenvalue weighted by atomic mass is 16.2. The van der Waals surface area contributed by atoms with Crippen molar-refractivity contribution >= 4 is 5.91 Å². The molecule has 120 valence electrons. The van der Waals surface area contributed by atoms with Crippen LogP contribution in [0.3, 0.4) is 0 Å².